The van der Waals surface area contributed by atoms with E-state index in [-0.39, 0.29) is 6.04 Å². The predicted octanol–water partition coefficient (Wildman–Crippen LogP) is 4.30. The van der Waals surface area contributed by atoms with E-state index >= 15 is 0 Å². The Morgan fingerprint density at radius 3 is 2.63 bits per heavy atom. The van der Waals surface area contributed by atoms with Crippen LogP contribution in [0.5, 0.6) is 0 Å². The normalized spacial score (nSPS) is 28.0. The van der Waals surface area contributed by atoms with Gasteiger partial charge < -0.3 is 5.11 Å². The van der Waals surface area contributed by atoms with Crippen LogP contribution in [0.3, 0.4) is 0 Å². The number of hydrogen-bond donors (Lipinski definition) is 1. The molecule has 1 aliphatic carbocycles. The minimum absolute atomic E-state index is 0.222. The molecule has 0 saturated heterocycles. The van der Waals surface area contributed by atoms with E-state index in [9.17, 15) is 5.11 Å². The van der Waals surface area contributed by atoms with E-state index in [2.05, 4.69) is 25.9 Å². The van der Waals surface area contributed by atoms with Gasteiger partial charge in [0.1, 0.15) is 5.60 Å². The van der Waals surface area contributed by atoms with Gasteiger partial charge in [0.25, 0.3) is 0 Å². The molecule has 0 amide bonds. The molecule has 1 aromatic heterocycles. The van der Waals surface area contributed by atoms with Crippen LogP contribution in [0.1, 0.15) is 71.0 Å². The van der Waals surface area contributed by atoms with E-state index in [0.717, 1.165) is 37.3 Å². The lowest BCUT2D eigenvalue weighted by Crippen LogP contribution is -2.34. The molecule has 0 aliphatic heterocycles. The first-order valence-corrected chi connectivity index (χ1v) is 7.81. The number of nitrogens with zero attached hydrogens (tertiary/aromatic N) is 2. The molecule has 0 radical (unpaired) electrons. The molecule has 1 N–H and O–H groups in total. The highest BCUT2D eigenvalue weighted by molar-refractivity contribution is 6.31. The van der Waals surface area contributed by atoms with Crippen molar-refractivity contribution < 1.29 is 5.11 Å². The molecule has 4 heteroatoms. The van der Waals surface area contributed by atoms with Gasteiger partial charge in [-0.1, -0.05) is 31.4 Å². The minimum Gasteiger partial charge on any atom is -0.384 e. The summed E-state index contributed by atoms with van der Waals surface area (Å²) in [5.74, 6) is 0.763. The molecular weight excluding hydrogens is 260 g/mol. The zero-order chi connectivity index (χ0) is 14.0. The van der Waals surface area contributed by atoms with Crippen LogP contribution >= 0.6 is 11.6 Å². The molecule has 0 bridgehead atoms. The van der Waals surface area contributed by atoms with Gasteiger partial charge >= 0.3 is 0 Å². The Morgan fingerprint density at radius 1 is 1.47 bits per heavy atom. The Hall–Kier alpha value is -0.540. The van der Waals surface area contributed by atoms with Crippen LogP contribution in [0.15, 0.2) is 6.20 Å². The topological polar surface area (TPSA) is 38.1 Å². The van der Waals surface area contributed by atoms with Crippen molar-refractivity contribution in [2.24, 2.45) is 5.92 Å². The summed E-state index contributed by atoms with van der Waals surface area (Å²) in [4.78, 5) is 0. The molecule has 19 heavy (non-hydrogen) atoms. The average molecular weight is 285 g/mol. The van der Waals surface area contributed by atoms with Crippen molar-refractivity contribution in [1.29, 1.82) is 0 Å². The van der Waals surface area contributed by atoms with Crippen molar-refractivity contribution in [2.75, 3.05) is 0 Å². The lowest BCUT2D eigenvalue weighted by atomic mass is 9.75. The largest absolute Gasteiger partial charge is 0.384 e. The summed E-state index contributed by atoms with van der Waals surface area (Å²) in [5.41, 5.74) is 0.0290. The molecular formula is C15H25ClN2O. The molecule has 0 unspecified atom stereocenters. The predicted molar refractivity (Wildman–Crippen MR) is 78.4 cm³/mol. The van der Waals surface area contributed by atoms with Crippen LogP contribution in [0.25, 0.3) is 0 Å². The maximum atomic E-state index is 11.0. The van der Waals surface area contributed by atoms with Crippen LogP contribution < -0.4 is 0 Å². The van der Waals surface area contributed by atoms with Crippen molar-refractivity contribution in [3.05, 3.63) is 16.9 Å². The smallest absolute Gasteiger partial charge is 0.108 e. The molecule has 1 saturated carbocycles. The summed E-state index contributed by atoms with van der Waals surface area (Å²) in [6, 6.07) is 0.222. The average Bonchev–Trinajstić information content (AvgIpc) is 2.76. The molecule has 1 heterocycles. The lowest BCUT2D eigenvalue weighted by molar-refractivity contribution is -0.0234. The summed E-state index contributed by atoms with van der Waals surface area (Å²) < 4.78 is 1.88. The van der Waals surface area contributed by atoms with Crippen LogP contribution in [-0.2, 0) is 5.60 Å². The monoisotopic (exact) mass is 284 g/mol. The second-order valence-electron chi connectivity index (χ2n) is 6.14. The van der Waals surface area contributed by atoms with Crippen LogP contribution in [0.4, 0.5) is 0 Å². The van der Waals surface area contributed by atoms with Crippen LogP contribution in [-0.4, -0.2) is 14.9 Å². The fourth-order valence-corrected chi connectivity index (χ4v) is 3.56. The van der Waals surface area contributed by atoms with E-state index < -0.39 is 5.60 Å². The van der Waals surface area contributed by atoms with E-state index in [1.165, 1.54) is 12.8 Å². The second kappa shape index (κ2) is 5.84. The quantitative estimate of drug-likeness (QED) is 0.895. The van der Waals surface area contributed by atoms with Crippen LogP contribution in [0.2, 0.25) is 5.02 Å². The molecule has 1 aromatic rings. The zero-order valence-corrected chi connectivity index (χ0v) is 13.0. The summed E-state index contributed by atoms with van der Waals surface area (Å²) >= 11 is 6.27. The Balaban J connectivity index is 2.20. The first kappa shape index (κ1) is 14.9. The van der Waals surface area contributed by atoms with Gasteiger partial charge in [0.2, 0.25) is 0 Å². The number of rotatable bonds is 4. The first-order valence-electron chi connectivity index (χ1n) is 7.43. The van der Waals surface area contributed by atoms with E-state index in [1.807, 2.05) is 4.68 Å². The summed E-state index contributed by atoms with van der Waals surface area (Å²) in [6.45, 7) is 6.36. The third kappa shape index (κ3) is 2.97. The number of aromatic nitrogens is 2. The van der Waals surface area contributed by atoms with Gasteiger partial charge in [0.15, 0.2) is 0 Å². The standard InChI is InChI=1S/C15H25ClN2O/c1-4-5-12-6-8-15(19,9-7-12)14-13(16)10-17-18(14)11(2)3/h10-12,19H,4-9H2,1-3H3. The Kier molecular flexibility index (Phi) is 4.57. The zero-order valence-electron chi connectivity index (χ0n) is 12.2. The molecule has 108 valence electrons. The third-order valence-electron chi connectivity index (χ3n) is 4.31. The van der Waals surface area contributed by atoms with E-state index in [1.54, 1.807) is 6.20 Å². The number of hydrogen-bond acceptors (Lipinski definition) is 2. The summed E-state index contributed by atoms with van der Waals surface area (Å²) in [7, 11) is 0. The van der Waals surface area contributed by atoms with Crippen molar-refractivity contribution >= 4 is 11.6 Å². The molecule has 0 atom stereocenters. The maximum absolute atomic E-state index is 11.0. The highest BCUT2D eigenvalue weighted by Crippen LogP contribution is 2.43. The number of halogens is 1. The summed E-state index contributed by atoms with van der Waals surface area (Å²) in [5, 5.41) is 15.9. The van der Waals surface area contributed by atoms with Crippen molar-refractivity contribution in [3.8, 4) is 0 Å². The molecule has 0 spiro atoms. The third-order valence-corrected chi connectivity index (χ3v) is 4.59. The highest BCUT2D eigenvalue weighted by Gasteiger charge is 2.39. The van der Waals surface area contributed by atoms with Crippen molar-refractivity contribution in [1.82, 2.24) is 9.78 Å². The molecule has 0 aromatic carbocycles. The second-order valence-corrected chi connectivity index (χ2v) is 6.55. The van der Waals surface area contributed by atoms with Crippen molar-refractivity contribution in [2.45, 2.75) is 70.9 Å². The fraction of sp³-hybridized carbons (Fsp3) is 0.800. The van der Waals surface area contributed by atoms with Gasteiger partial charge in [-0.05, 0) is 45.4 Å². The Morgan fingerprint density at radius 2 is 2.11 bits per heavy atom. The molecule has 1 fully saturated rings. The fourth-order valence-electron chi connectivity index (χ4n) is 3.26. The Bertz CT molecular complexity index is 420. The molecule has 2 rings (SSSR count). The van der Waals surface area contributed by atoms with Gasteiger partial charge in [-0.2, -0.15) is 5.10 Å². The van der Waals surface area contributed by atoms with E-state index in [4.69, 9.17) is 11.6 Å². The highest BCUT2D eigenvalue weighted by atomic mass is 35.5. The lowest BCUT2D eigenvalue weighted by Gasteiger charge is -2.37. The van der Waals surface area contributed by atoms with E-state index in [0.29, 0.717) is 5.02 Å². The van der Waals surface area contributed by atoms with Crippen molar-refractivity contribution in [3.63, 3.8) is 0 Å². The molecule has 1 aliphatic rings. The minimum atomic E-state index is -0.790. The van der Waals surface area contributed by atoms with Gasteiger partial charge in [0, 0.05) is 6.04 Å². The SMILES string of the molecule is CCCC1CCC(O)(c2c(Cl)cnn2C(C)C)CC1. The van der Waals surface area contributed by atoms with Gasteiger partial charge in [-0.15, -0.1) is 0 Å². The first-order chi connectivity index (χ1) is 8.98. The number of aliphatic hydroxyl groups is 1. The maximum Gasteiger partial charge on any atom is 0.108 e. The van der Waals surface area contributed by atoms with Gasteiger partial charge in [0.05, 0.1) is 16.9 Å². The Labute approximate surface area is 121 Å². The molecule has 3 nitrogen and oxygen atoms in total. The van der Waals surface area contributed by atoms with Crippen LogP contribution in [0, 0.1) is 5.92 Å². The summed E-state index contributed by atoms with van der Waals surface area (Å²) in [6.07, 6.45) is 7.94. The van der Waals surface area contributed by atoms with Gasteiger partial charge in [-0.25, -0.2) is 0 Å². The van der Waals surface area contributed by atoms with Gasteiger partial charge in [-0.3, -0.25) is 4.68 Å².